The van der Waals surface area contributed by atoms with Crippen LogP contribution in [0.3, 0.4) is 0 Å². The smallest absolute Gasteiger partial charge is 0.265 e. The molecule has 0 radical (unpaired) electrons. The van der Waals surface area contributed by atoms with Gasteiger partial charge in [-0.05, 0) is 36.8 Å². The van der Waals surface area contributed by atoms with Crippen molar-refractivity contribution in [3.8, 4) is 5.69 Å². The molecule has 0 atom stereocenters. The molecule has 19 heavy (non-hydrogen) atoms. The summed E-state index contributed by atoms with van der Waals surface area (Å²) in [6, 6.07) is 12.8. The molecule has 0 amide bonds. The van der Waals surface area contributed by atoms with Gasteiger partial charge in [-0.1, -0.05) is 29.8 Å². The maximum atomic E-state index is 12.4. The minimum Gasteiger partial charge on any atom is -0.268 e. The van der Waals surface area contributed by atoms with E-state index in [-0.39, 0.29) is 5.56 Å². The van der Waals surface area contributed by atoms with Crippen LogP contribution >= 0.6 is 11.6 Å². The van der Waals surface area contributed by atoms with Gasteiger partial charge in [-0.25, -0.2) is 4.98 Å². The fraction of sp³-hybridized carbons (Fsp3) is 0.0667. The highest BCUT2D eigenvalue weighted by atomic mass is 35.5. The molecular weight excluding hydrogens is 260 g/mol. The number of fused-ring (bicyclic) bond motifs is 1. The lowest BCUT2D eigenvalue weighted by Crippen LogP contribution is -2.19. The number of aryl methyl sites for hydroxylation is 1. The lowest BCUT2D eigenvalue weighted by molar-refractivity contribution is 0.962. The van der Waals surface area contributed by atoms with E-state index in [9.17, 15) is 4.79 Å². The fourth-order valence-corrected chi connectivity index (χ4v) is 2.37. The molecule has 4 heteroatoms. The van der Waals surface area contributed by atoms with Gasteiger partial charge in [-0.2, -0.15) is 0 Å². The van der Waals surface area contributed by atoms with E-state index in [1.807, 2.05) is 43.3 Å². The van der Waals surface area contributed by atoms with Crippen molar-refractivity contribution < 1.29 is 0 Å². The zero-order valence-electron chi connectivity index (χ0n) is 10.3. The van der Waals surface area contributed by atoms with Crippen LogP contribution in [0.15, 0.2) is 53.6 Å². The van der Waals surface area contributed by atoms with Gasteiger partial charge in [-0.3, -0.25) is 9.36 Å². The molecule has 1 aromatic heterocycles. The fourth-order valence-electron chi connectivity index (χ4n) is 2.05. The average molecular weight is 271 g/mol. The summed E-state index contributed by atoms with van der Waals surface area (Å²) in [6.07, 6.45) is 1.52. The van der Waals surface area contributed by atoms with E-state index in [0.29, 0.717) is 21.6 Å². The molecule has 3 nitrogen and oxygen atoms in total. The first-order chi connectivity index (χ1) is 9.16. The van der Waals surface area contributed by atoms with Gasteiger partial charge in [0.2, 0.25) is 0 Å². The monoisotopic (exact) mass is 270 g/mol. The molecule has 1 heterocycles. The lowest BCUT2D eigenvalue weighted by atomic mass is 10.2. The van der Waals surface area contributed by atoms with E-state index < -0.39 is 0 Å². The molecule has 0 saturated heterocycles. The molecule has 0 N–H and O–H groups in total. The van der Waals surface area contributed by atoms with E-state index in [1.54, 1.807) is 6.07 Å². The minimum absolute atomic E-state index is 0.114. The van der Waals surface area contributed by atoms with Crippen molar-refractivity contribution >= 4 is 22.5 Å². The second-order valence-electron chi connectivity index (χ2n) is 4.39. The summed E-state index contributed by atoms with van der Waals surface area (Å²) in [4.78, 5) is 16.7. The Morgan fingerprint density at radius 2 is 1.95 bits per heavy atom. The number of halogens is 1. The van der Waals surface area contributed by atoms with Gasteiger partial charge in [0, 0.05) is 0 Å². The van der Waals surface area contributed by atoms with Crippen LogP contribution in [0.5, 0.6) is 0 Å². The van der Waals surface area contributed by atoms with Gasteiger partial charge in [-0.15, -0.1) is 0 Å². The number of hydrogen-bond donors (Lipinski definition) is 0. The van der Waals surface area contributed by atoms with Crippen molar-refractivity contribution in [3.05, 3.63) is 69.7 Å². The Morgan fingerprint density at radius 3 is 2.74 bits per heavy atom. The summed E-state index contributed by atoms with van der Waals surface area (Å²) in [5.41, 5.74) is 2.27. The van der Waals surface area contributed by atoms with Crippen molar-refractivity contribution in [1.29, 1.82) is 0 Å². The van der Waals surface area contributed by atoms with Gasteiger partial charge in [0.25, 0.3) is 5.56 Å². The van der Waals surface area contributed by atoms with Gasteiger partial charge in [0.05, 0.1) is 21.6 Å². The predicted molar refractivity (Wildman–Crippen MR) is 77.1 cm³/mol. The van der Waals surface area contributed by atoms with Gasteiger partial charge < -0.3 is 0 Å². The molecule has 0 aliphatic heterocycles. The highest BCUT2D eigenvalue weighted by molar-refractivity contribution is 6.32. The zero-order chi connectivity index (χ0) is 13.4. The topological polar surface area (TPSA) is 34.9 Å². The van der Waals surface area contributed by atoms with Crippen LogP contribution < -0.4 is 5.56 Å². The summed E-state index contributed by atoms with van der Waals surface area (Å²) >= 11 is 6.20. The number of benzene rings is 2. The Balaban J connectivity index is 2.31. The van der Waals surface area contributed by atoms with Crippen molar-refractivity contribution in [1.82, 2.24) is 9.55 Å². The Bertz CT molecular complexity index is 824. The molecule has 0 saturated carbocycles. The third kappa shape index (κ3) is 2.02. The summed E-state index contributed by atoms with van der Waals surface area (Å²) in [6.45, 7) is 1.96. The maximum absolute atomic E-state index is 12.4. The summed E-state index contributed by atoms with van der Waals surface area (Å²) in [5, 5.41) is 1.13. The minimum atomic E-state index is -0.114. The molecule has 94 valence electrons. The molecule has 3 aromatic rings. The molecule has 0 aliphatic carbocycles. The second-order valence-corrected chi connectivity index (χ2v) is 4.80. The molecule has 0 bridgehead atoms. The third-order valence-electron chi connectivity index (χ3n) is 3.03. The third-order valence-corrected chi connectivity index (χ3v) is 3.33. The summed E-state index contributed by atoms with van der Waals surface area (Å²) in [7, 11) is 0. The maximum Gasteiger partial charge on any atom is 0.265 e. The summed E-state index contributed by atoms with van der Waals surface area (Å²) < 4.78 is 1.48. The SMILES string of the molecule is Cc1ccc(-n2cnc3ccccc3c2=O)c(Cl)c1. The number of aromatic nitrogens is 2. The normalized spacial score (nSPS) is 10.8. The van der Waals surface area contributed by atoms with Crippen LogP contribution in [-0.2, 0) is 0 Å². The second kappa shape index (κ2) is 4.52. The Kier molecular flexibility index (Phi) is 2.84. The van der Waals surface area contributed by atoms with E-state index in [0.717, 1.165) is 5.56 Å². The van der Waals surface area contributed by atoms with Crippen molar-refractivity contribution in [3.63, 3.8) is 0 Å². The molecule has 3 rings (SSSR count). The molecule has 0 spiro atoms. The summed E-state index contributed by atoms with van der Waals surface area (Å²) in [5.74, 6) is 0. The van der Waals surface area contributed by atoms with Gasteiger partial charge >= 0.3 is 0 Å². The lowest BCUT2D eigenvalue weighted by Gasteiger charge is -2.09. The average Bonchev–Trinajstić information content (AvgIpc) is 2.41. The number of para-hydroxylation sites is 1. The van der Waals surface area contributed by atoms with Gasteiger partial charge in [0.1, 0.15) is 6.33 Å². The predicted octanol–water partition coefficient (Wildman–Crippen LogP) is 3.35. The molecular formula is C15H11ClN2O. The van der Waals surface area contributed by atoms with Crippen LogP contribution in [0.2, 0.25) is 5.02 Å². The van der Waals surface area contributed by atoms with Crippen LogP contribution in [0.1, 0.15) is 5.56 Å². The standard InChI is InChI=1S/C15H11ClN2O/c1-10-6-7-14(12(16)8-10)18-9-17-13-5-3-2-4-11(13)15(18)19/h2-9H,1H3. The quantitative estimate of drug-likeness (QED) is 0.680. The number of hydrogen-bond acceptors (Lipinski definition) is 2. The molecule has 0 aliphatic rings. The van der Waals surface area contributed by atoms with E-state index in [4.69, 9.17) is 11.6 Å². The molecule has 2 aromatic carbocycles. The van der Waals surface area contributed by atoms with Crippen molar-refractivity contribution in [2.24, 2.45) is 0 Å². The Labute approximate surface area is 115 Å². The first-order valence-electron chi connectivity index (χ1n) is 5.90. The number of rotatable bonds is 1. The van der Waals surface area contributed by atoms with Crippen LogP contribution in [0, 0.1) is 6.92 Å². The highest BCUT2D eigenvalue weighted by Crippen LogP contribution is 2.20. The highest BCUT2D eigenvalue weighted by Gasteiger charge is 2.08. The van der Waals surface area contributed by atoms with Crippen LogP contribution in [0.25, 0.3) is 16.6 Å². The van der Waals surface area contributed by atoms with Crippen molar-refractivity contribution in [2.75, 3.05) is 0 Å². The van der Waals surface area contributed by atoms with Crippen LogP contribution in [0.4, 0.5) is 0 Å². The first-order valence-corrected chi connectivity index (χ1v) is 6.27. The molecule has 0 fully saturated rings. The Hall–Kier alpha value is -2.13. The van der Waals surface area contributed by atoms with Crippen LogP contribution in [-0.4, -0.2) is 9.55 Å². The Morgan fingerprint density at radius 1 is 1.16 bits per heavy atom. The zero-order valence-corrected chi connectivity index (χ0v) is 11.1. The molecule has 0 unspecified atom stereocenters. The first kappa shape index (κ1) is 11.9. The van der Waals surface area contributed by atoms with E-state index in [2.05, 4.69) is 4.98 Å². The number of nitrogens with zero attached hydrogens (tertiary/aromatic N) is 2. The van der Waals surface area contributed by atoms with E-state index in [1.165, 1.54) is 10.9 Å². The van der Waals surface area contributed by atoms with E-state index >= 15 is 0 Å². The van der Waals surface area contributed by atoms with Crippen molar-refractivity contribution in [2.45, 2.75) is 6.92 Å². The van der Waals surface area contributed by atoms with Gasteiger partial charge in [0.15, 0.2) is 0 Å². The largest absolute Gasteiger partial charge is 0.268 e.